The van der Waals surface area contributed by atoms with Gasteiger partial charge in [-0.2, -0.15) is 0 Å². The lowest BCUT2D eigenvalue weighted by Crippen LogP contribution is -2.50. The molecule has 1 amide bonds. The Labute approximate surface area is 119 Å². The number of benzene rings is 1. The van der Waals surface area contributed by atoms with Crippen LogP contribution in [0.3, 0.4) is 0 Å². The van der Waals surface area contributed by atoms with Crippen molar-refractivity contribution >= 4 is 11.6 Å². The van der Waals surface area contributed by atoms with Crippen molar-refractivity contribution in [1.29, 1.82) is 0 Å². The van der Waals surface area contributed by atoms with Crippen LogP contribution in [0.15, 0.2) is 24.3 Å². The van der Waals surface area contributed by atoms with Gasteiger partial charge in [0.25, 0.3) is 0 Å². The molecule has 2 heterocycles. The molecule has 0 aliphatic carbocycles. The molecule has 0 bridgehead atoms. The van der Waals surface area contributed by atoms with Gasteiger partial charge >= 0.3 is 0 Å². The first kappa shape index (κ1) is 13.6. The molecule has 2 N–H and O–H groups in total. The Hall–Kier alpha value is -1.39. The van der Waals surface area contributed by atoms with E-state index in [-0.39, 0.29) is 11.9 Å². The molecule has 3 rings (SSSR count). The molecule has 0 spiro atoms. The third kappa shape index (κ3) is 2.72. The highest BCUT2D eigenvalue weighted by atomic mass is 16.3. The Balaban J connectivity index is 1.72. The Morgan fingerprint density at radius 1 is 1.30 bits per heavy atom. The first-order valence-electron chi connectivity index (χ1n) is 7.40. The summed E-state index contributed by atoms with van der Waals surface area (Å²) in [7, 11) is 0. The van der Waals surface area contributed by atoms with Crippen molar-refractivity contribution in [2.24, 2.45) is 0 Å². The highest BCUT2D eigenvalue weighted by Crippen LogP contribution is 2.27. The second-order valence-corrected chi connectivity index (χ2v) is 6.23. The predicted octanol–water partition coefficient (Wildman–Crippen LogP) is 1.79. The van der Waals surface area contributed by atoms with Gasteiger partial charge in [0.1, 0.15) is 0 Å². The molecule has 1 aromatic rings. The number of hydrogen-bond acceptors (Lipinski definition) is 3. The van der Waals surface area contributed by atoms with Gasteiger partial charge in [0.15, 0.2) is 0 Å². The summed E-state index contributed by atoms with van der Waals surface area (Å²) in [6.45, 7) is 3.47. The zero-order valence-electron chi connectivity index (χ0n) is 11.9. The van der Waals surface area contributed by atoms with E-state index in [4.69, 9.17) is 0 Å². The van der Waals surface area contributed by atoms with Crippen LogP contribution in [0.5, 0.6) is 0 Å². The molecule has 4 nitrogen and oxygen atoms in total. The molecule has 1 saturated heterocycles. The minimum atomic E-state index is -0.569. The third-order valence-corrected chi connectivity index (χ3v) is 4.58. The van der Waals surface area contributed by atoms with Crippen LogP contribution in [-0.4, -0.2) is 40.6 Å². The Kier molecular flexibility index (Phi) is 3.52. The molecular formula is C16H22N2O2. The number of nitrogens with zero attached hydrogens (tertiary/aromatic N) is 1. The van der Waals surface area contributed by atoms with Crippen LogP contribution in [0.2, 0.25) is 0 Å². The molecule has 1 aromatic carbocycles. The zero-order valence-corrected chi connectivity index (χ0v) is 11.9. The number of piperidine rings is 1. The minimum Gasteiger partial charge on any atom is -0.390 e. The zero-order chi connectivity index (χ0) is 14.2. The number of nitrogens with one attached hydrogen (secondary N) is 1. The summed E-state index contributed by atoms with van der Waals surface area (Å²) >= 11 is 0. The van der Waals surface area contributed by atoms with Crippen LogP contribution in [-0.2, 0) is 11.2 Å². The van der Waals surface area contributed by atoms with Crippen LogP contribution < -0.4 is 5.32 Å². The number of likely N-dealkylation sites (tertiary alicyclic amines) is 1. The summed E-state index contributed by atoms with van der Waals surface area (Å²) in [6, 6.07) is 7.95. The molecular weight excluding hydrogens is 252 g/mol. The number of hydrogen-bond donors (Lipinski definition) is 2. The number of aliphatic hydroxyl groups is 1. The first-order chi connectivity index (χ1) is 9.55. The molecule has 0 radical (unpaired) electrons. The molecule has 0 aromatic heterocycles. The van der Waals surface area contributed by atoms with Gasteiger partial charge in [-0.05, 0) is 44.2 Å². The van der Waals surface area contributed by atoms with Crippen molar-refractivity contribution in [2.75, 3.05) is 18.4 Å². The second-order valence-electron chi connectivity index (χ2n) is 6.23. The van der Waals surface area contributed by atoms with Gasteiger partial charge in [0.05, 0.1) is 11.6 Å². The van der Waals surface area contributed by atoms with Gasteiger partial charge in [0, 0.05) is 18.8 Å². The highest BCUT2D eigenvalue weighted by molar-refractivity contribution is 5.96. The number of anilines is 1. The van der Waals surface area contributed by atoms with Crippen molar-refractivity contribution in [2.45, 2.75) is 44.2 Å². The minimum absolute atomic E-state index is 0.0708. The molecule has 0 saturated carbocycles. The molecule has 20 heavy (non-hydrogen) atoms. The van der Waals surface area contributed by atoms with Gasteiger partial charge in [-0.15, -0.1) is 0 Å². The molecule has 108 valence electrons. The van der Waals surface area contributed by atoms with Gasteiger partial charge in [-0.25, -0.2) is 0 Å². The highest BCUT2D eigenvalue weighted by Gasteiger charge is 2.34. The molecule has 2 aliphatic heterocycles. The smallest absolute Gasteiger partial charge is 0.241 e. The van der Waals surface area contributed by atoms with Crippen LogP contribution in [0.1, 0.15) is 31.7 Å². The second kappa shape index (κ2) is 5.19. The normalized spacial score (nSPS) is 26.5. The molecule has 1 atom stereocenters. The maximum absolute atomic E-state index is 12.4. The summed E-state index contributed by atoms with van der Waals surface area (Å²) in [5.74, 6) is 0.0940. The van der Waals surface area contributed by atoms with Crippen molar-refractivity contribution in [1.82, 2.24) is 4.90 Å². The van der Waals surface area contributed by atoms with Gasteiger partial charge in [0.2, 0.25) is 5.91 Å². The largest absolute Gasteiger partial charge is 0.390 e. The van der Waals surface area contributed by atoms with E-state index in [2.05, 4.69) is 16.3 Å². The fourth-order valence-electron chi connectivity index (χ4n) is 3.17. The summed E-state index contributed by atoms with van der Waals surface area (Å²) in [5.41, 5.74) is 1.59. The van der Waals surface area contributed by atoms with E-state index in [1.165, 1.54) is 5.56 Å². The van der Waals surface area contributed by atoms with Gasteiger partial charge in [-0.1, -0.05) is 18.2 Å². The Morgan fingerprint density at radius 3 is 2.75 bits per heavy atom. The molecule has 2 aliphatic rings. The molecule has 1 unspecified atom stereocenters. The SMILES string of the molecule is CC1(O)CCN(C2CCc3ccccc3NC2=O)CC1. The first-order valence-corrected chi connectivity index (χ1v) is 7.40. The maximum Gasteiger partial charge on any atom is 0.241 e. The van der Waals surface area contributed by atoms with E-state index in [0.717, 1.165) is 44.5 Å². The van der Waals surface area contributed by atoms with Gasteiger partial charge < -0.3 is 10.4 Å². The van der Waals surface area contributed by atoms with Crippen molar-refractivity contribution in [3.63, 3.8) is 0 Å². The third-order valence-electron chi connectivity index (χ3n) is 4.58. The van der Waals surface area contributed by atoms with E-state index in [9.17, 15) is 9.90 Å². The average Bonchev–Trinajstić information content (AvgIpc) is 2.58. The van der Waals surface area contributed by atoms with Gasteiger partial charge in [-0.3, -0.25) is 9.69 Å². The summed E-state index contributed by atoms with van der Waals surface area (Å²) < 4.78 is 0. The van der Waals surface area contributed by atoms with E-state index >= 15 is 0 Å². The lowest BCUT2D eigenvalue weighted by atomic mass is 9.92. The Bertz CT molecular complexity index is 503. The molecule has 4 heteroatoms. The number of aryl methyl sites for hydroxylation is 1. The van der Waals surface area contributed by atoms with E-state index in [1.807, 2.05) is 25.1 Å². The quantitative estimate of drug-likeness (QED) is 0.821. The van der Waals surface area contributed by atoms with Crippen molar-refractivity contribution in [3.05, 3.63) is 29.8 Å². The number of para-hydroxylation sites is 1. The lowest BCUT2D eigenvalue weighted by Gasteiger charge is -2.39. The number of rotatable bonds is 1. The summed E-state index contributed by atoms with van der Waals surface area (Å²) in [5, 5.41) is 13.1. The van der Waals surface area contributed by atoms with Crippen LogP contribution in [0.4, 0.5) is 5.69 Å². The average molecular weight is 274 g/mol. The van der Waals surface area contributed by atoms with Crippen LogP contribution in [0.25, 0.3) is 0 Å². The fraction of sp³-hybridized carbons (Fsp3) is 0.562. The maximum atomic E-state index is 12.4. The molecule has 1 fully saturated rings. The topological polar surface area (TPSA) is 52.6 Å². The number of carbonyl (C=O) groups excluding carboxylic acids is 1. The van der Waals surface area contributed by atoms with Crippen LogP contribution >= 0.6 is 0 Å². The van der Waals surface area contributed by atoms with Crippen molar-refractivity contribution < 1.29 is 9.90 Å². The standard InChI is InChI=1S/C16H22N2O2/c1-16(20)8-10-18(11-9-16)14-7-6-12-4-2-3-5-13(12)17-15(14)19/h2-5,14,20H,6-11H2,1H3,(H,17,19). The predicted molar refractivity (Wildman–Crippen MR) is 78.6 cm³/mol. The fourth-order valence-corrected chi connectivity index (χ4v) is 3.17. The lowest BCUT2D eigenvalue weighted by molar-refractivity contribution is -0.123. The van der Waals surface area contributed by atoms with Crippen LogP contribution in [0, 0.1) is 0 Å². The number of fused-ring (bicyclic) bond motifs is 1. The number of amides is 1. The van der Waals surface area contributed by atoms with E-state index in [1.54, 1.807) is 0 Å². The monoisotopic (exact) mass is 274 g/mol. The number of carbonyl (C=O) groups is 1. The summed E-state index contributed by atoms with van der Waals surface area (Å²) in [6.07, 6.45) is 3.25. The van der Waals surface area contributed by atoms with E-state index in [0.29, 0.717) is 0 Å². The Morgan fingerprint density at radius 2 is 2.00 bits per heavy atom. The van der Waals surface area contributed by atoms with E-state index < -0.39 is 5.60 Å². The van der Waals surface area contributed by atoms with Crippen molar-refractivity contribution in [3.8, 4) is 0 Å². The summed E-state index contributed by atoms with van der Waals surface area (Å²) in [4.78, 5) is 14.6.